The summed E-state index contributed by atoms with van der Waals surface area (Å²) < 4.78 is 16.0. The molecule has 0 bridgehead atoms. The second kappa shape index (κ2) is 8.58. The van der Waals surface area contributed by atoms with Gasteiger partial charge in [-0.3, -0.25) is 4.79 Å². The van der Waals surface area contributed by atoms with Gasteiger partial charge in [0.25, 0.3) is 5.91 Å². The number of amides is 1. The van der Waals surface area contributed by atoms with Crippen LogP contribution in [0.25, 0.3) is 0 Å². The minimum atomic E-state index is -0.225. The quantitative estimate of drug-likeness (QED) is 0.862. The van der Waals surface area contributed by atoms with Crippen LogP contribution in [-0.4, -0.2) is 46.4 Å². The number of carbonyl (C=O) groups is 1. The van der Waals surface area contributed by atoms with Crippen LogP contribution in [-0.2, 0) is 11.3 Å². The second-order valence-corrected chi connectivity index (χ2v) is 5.99. The van der Waals surface area contributed by atoms with Gasteiger partial charge < -0.3 is 24.4 Å². The van der Waals surface area contributed by atoms with Gasteiger partial charge in [0.1, 0.15) is 17.1 Å². The third kappa shape index (κ3) is 4.08. The summed E-state index contributed by atoms with van der Waals surface area (Å²) in [6, 6.07) is 13.5. The maximum Gasteiger partial charge on any atom is 0.259 e. The maximum absolute atomic E-state index is 12.6. The van der Waals surface area contributed by atoms with E-state index in [4.69, 9.17) is 14.2 Å². The number of rotatable bonds is 6. The van der Waals surface area contributed by atoms with Gasteiger partial charge in [-0.2, -0.15) is 0 Å². The fourth-order valence-corrected chi connectivity index (χ4v) is 2.99. The lowest BCUT2D eigenvalue weighted by atomic mass is 10.1. The summed E-state index contributed by atoms with van der Waals surface area (Å²) in [4.78, 5) is 14.9. The number of methoxy groups -OCH3 is 2. The highest BCUT2D eigenvalue weighted by atomic mass is 16.5. The molecule has 1 fully saturated rings. The lowest BCUT2D eigenvalue weighted by molar-refractivity contribution is 0.0944. The highest BCUT2D eigenvalue weighted by Crippen LogP contribution is 2.28. The van der Waals surface area contributed by atoms with Crippen LogP contribution in [0.2, 0.25) is 0 Å². The first kappa shape index (κ1) is 18.1. The highest BCUT2D eigenvalue weighted by Gasteiger charge is 2.18. The fourth-order valence-electron chi connectivity index (χ4n) is 2.99. The Morgan fingerprint density at radius 1 is 1.04 bits per heavy atom. The topological polar surface area (TPSA) is 60.0 Å². The molecule has 0 radical (unpaired) electrons. The highest BCUT2D eigenvalue weighted by molar-refractivity contribution is 5.99. The Bertz CT molecular complexity index is 718. The summed E-state index contributed by atoms with van der Waals surface area (Å²) in [6.07, 6.45) is 0. The molecule has 0 aromatic heterocycles. The molecule has 1 aliphatic rings. The summed E-state index contributed by atoms with van der Waals surface area (Å²) in [6.45, 7) is 3.77. The molecule has 0 saturated carbocycles. The van der Waals surface area contributed by atoms with Gasteiger partial charge in [-0.1, -0.05) is 18.2 Å². The molecule has 0 aliphatic carbocycles. The number of nitrogens with zero attached hydrogens (tertiary/aromatic N) is 1. The Morgan fingerprint density at radius 3 is 2.23 bits per heavy atom. The largest absolute Gasteiger partial charge is 0.496 e. The van der Waals surface area contributed by atoms with Crippen molar-refractivity contribution in [1.29, 1.82) is 0 Å². The van der Waals surface area contributed by atoms with E-state index >= 15 is 0 Å². The number of anilines is 1. The molecule has 1 saturated heterocycles. The van der Waals surface area contributed by atoms with Crippen molar-refractivity contribution >= 4 is 11.6 Å². The SMILES string of the molecule is COc1cccc(OC)c1C(=O)NCc1ccc(N2CCOCC2)cc1. The predicted octanol–water partition coefficient (Wildman–Crippen LogP) is 2.47. The summed E-state index contributed by atoms with van der Waals surface area (Å²) in [5.41, 5.74) is 2.61. The zero-order valence-corrected chi connectivity index (χ0v) is 15.2. The molecule has 1 amide bonds. The molecule has 2 aromatic rings. The molecular formula is C20H24N2O4. The minimum absolute atomic E-state index is 0.225. The zero-order chi connectivity index (χ0) is 18.4. The van der Waals surface area contributed by atoms with E-state index in [-0.39, 0.29) is 5.91 Å². The Balaban J connectivity index is 1.65. The molecule has 6 heteroatoms. The van der Waals surface area contributed by atoms with Crippen LogP contribution in [0.5, 0.6) is 11.5 Å². The lowest BCUT2D eigenvalue weighted by Crippen LogP contribution is -2.36. The molecule has 1 aliphatic heterocycles. The first-order chi connectivity index (χ1) is 12.7. The maximum atomic E-state index is 12.6. The van der Waals surface area contributed by atoms with E-state index in [1.165, 1.54) is 19.9 Å². The van der Waals surface area contributed by atoms with E-state index in [0.717, 1.165) is 31.9 Å². The van der Waals surface area contributed by atoms with Gasteiger partial charge in [-0.05, 0) is 29.8 Å². The van der Waals surface area contributed by atoms with Crippen molar-refractivity contribution in [2.75, 3.05) is 45.4 Å². The summed E-state index contributed by atoms with van der Waals surface area (Å²) >= 11 is 0. The van der Waals surface area contributed by atoms with Gasteiger partial charge in [-0.15, -0.1) is 0 Å². The normalized spacial score (nSPS) is 14.0. The van der Waals surface area contributed by atoms with Crippen molar-refractivity contribution in [2.45, 2.75) is 6.54 Å². The molecule has 138 valence electrons. The molecule has 6 nitrogen and oxygen atoms in total. The predicted molar refractivity (Wildman–Crippen MR) is 100 cm³/mol. The molecule has 26 heavy (non-hydrogen) atoms. The van der Waals surface area contributed by atoms with E-state index < -0.39 is 0 Å². The molecular weight excluding hydrogens is 332 g/mol. The molecule has 0 unspecified atom stereocenters. The van der Waals surface area contributed by atoms with Gasteiger partial charge >= 0.3 is 0 Å². The number of carbonyl (C=O) groups excluding carboxylic acids is 1. The van der Waals surface area contributed by atoms with E-state index in [2.05, 4.69) is 22.3 Å². The average Bonchev–Trinajstić information content (AvgIpc) is 2.72. The molecule has 3 rings (SSSR count). The van der Waals surface area contributed by atoms with Gasteiger partial charge in [0.2, 0.25) is 0 Å². The van der Waals surface area contributed by atoms with E-state index in [9.17, 15) is 4.79 Å². The van der Waals surface area contributed by atoms with Crippen molar-refractivity contribution in [3.05, 3.63) is 53.6 Å². The molecule has 1 N–H and O–H groups in total. The number of hydrogen-bond donors (Lipinski definition) is 1. The van der Waals surface area contributed by atoms with Crippen LogP contribution in [0, 0.1) is 0 Å². The zero-order valence-electron chi connectivity index (χ0n) is 15.2. The molecule has 2 aromatic carbocycles. The Labute approximate surface area is 153 Å². The van der Waals surface area contributed by atoms with Crippen LogP contribution in [0.4, 0.5) is 5.69 Å². The summed E-state index contributed by atoms with van der Waals surface area (Å²) in [7, 11) is 3.08. The van der Waals surface area contributed by atoms with Crippen LogP contribution in [0.1, 0.15) is 15.9 Å². The smallest absolute Gasteiger partial charge is 0.259 e. The van der Waals surface area contributed by atoms with Gasteiger partial charge in [-0.25, -0.2) is 0 Å². The third-order valence-electron chi connectivity index (χ3n) is 4.42. The van der Waals surface area contributed by atoms with Gasteiger partial charge in [0.15, 0.2) is 0 Å². The average molecular weight is 356 g/mol. The Hall–Kier alpha value is -2.73. The minimum Gasteiger partial charge on any atom is -0.496 e. The van der Waals surface area contributed by atoms with Crippen molar-refractivity contribution in [3.8, 4) is 11.5 Å². The third-order valence-corrected chi connectivity index (χ3v) is 4.42. The van der Waals surface area contributed by atoms with E-state index in [0.29, 0.717) is 23.6 Å². The number of morpholine rings is 1. The van der Waals surface area contributed by atoms with Crippen molar-refractivity contribution < 1.29 is 19.0 Å². The van der Waals surface area contributed by atoms with Gasteiger partial charge in [0, 0.05) is 25.3 Å². The first-order valence-corrected chi connectivity index (χ1v) is 8.63. The Kier molecular flexibility index (Phi) is 5.96. The second-order valence-electron chi connectivity index (χ2n) is 5.99. The van der Waals surface area contributed by atoms with Crippen LogP contribution in [0.15, 0.2) is 42.5 Å². The van der Waals surface area contributed by atoms with Crippen molar-refractivity contribution in [3.63, 3.8) is 0 Å². The molecule has 0 spiro atoms. The fraction of sp³-hybridized carbons (Fsp3) is 0.350. The molecule has 0 atom stereocenters. The van der Waals surface area contributed by atoms with E-state index in [1.54, 1.807) is 18.2 Å². The van der Waals surface area contributed by atoms with Crippen LogP contribution in [0.3, 0.4) is 0 Å². The summed E-state index contributed by atoms with van der Waals surface area (Å²) in [5, 5.41) is 2.93. The van der Waals surface area contributed by atoms with E-state index in [1.807, 2.05) is 12.1 Å². The number of benzene rings is 2. The molecule has 1 heterocycles. The first-order valence-electron chi connectivity index (χ1n) is 8.63. The van der Waals surface area contributed by atoms with Gasteiger partial charge in [0.05, 0.1) is 27.4 Å². The number of hydrogen-bond acceptors (Lipinski definition) is 5. The number of ether oxygens (including phenoxy) is 3. The van der Waals surface area contributed by atoms with Crippen molar-refractivity contribution in [2.24, 2.45) is 0 Å². The van der Waals surface area contributed by atoms with Crippen LogP contribution >= 0.6 is 0 Å². The van der Waals surface area contributed by atoms with Crippen LogP contribution < -0.4 is 19.7 Å². The van der Waals surface area contributed by atoms with Crippen molar-refractivity contribution in [1.82, 2.24) is 5.32 Å². The lowest BCUT2D eigenvalue weighted by Gasteiger charge is -2.28. The standard InChI is InChI=1S/C20H24N2O4/c1-24-17-4-3-5-18(25-2)19(17)20(23)21-14-15-6-8-16(9-7-15)22-10-12-26-13-11-22/h3-9H,10-14H2,1-2H3,(H,21,23). The Morgan fingerprint density at radius 2 is 1.65 bits per heavy atom. The summed E-state index contributed by atoms with van der Waals surface area (Å²) in [5.74, 6) is 0.755. The number of nitrogens with one attached hydrogen (secondary N) is 1. The monoisotopic (exact) mass is 356 g/mol.